The molecule has 0 aromatic heterocycles. The van der Waals surface area contributed by atoms with Crippen molar-refractivity contribution in [3.05, 3.63) is 88.4 Å². The quantitative estimate of drug-likeness (QED) is 0.428. The molecule has 1 aliphatic rings. The molecule has 0 unspecified atom stereocenters. The van der Waals surface area contributed by atoms with E-state index in [1.807, 2.05) is 12.1 Å². The summed E-state index contributed by atoms with van der Waals surface area (Å²) in [7, 11) is 1.50. The predicted octanol–water partition coefficient (Wildman–Crippen LogP) is 5.10. The van der Waals surface area contributed by atoms with Gasteiger partial charge in [0, 0.05) is 37.7 Å². The summed E-state index contributed by atoms with van der Waals surface area (Å²) in [5, 5.41) is 3.40. The summed E-state index contributed by atoms with van der Waals surface area (Å²) in [5.74, 6) is -0.401. The van der Waals surface area contributed by atoms with Crippen LogP contribution in [0.5, 0.6) is 5.75 Å². The van der Waals surface area contributed by atoms with E-state index < -0.39 is 5.97 Å². The molecule has 3 aromatic rings. The minimum Gasteiger partial charge on any atom is -0.496 e. The van der Waals surface area contributed by atoms with E-state index >= 15 is 0 Å². The maximum atomic E-state index is 13.3. The number of esters is 1. The molecule has 0 spiro atoms. The second-order valence-corrected chi connectivity index (χ2v) is 8.94. The Morgan fingerprint density at radius 3 is 2.42 bits per heavy atom. The third kappa shape index (κ3) is 6.17. The number of hydrogen-bond acceptors (Lipinski definition) is 6. The molecule has 0 bridgehead atoms. The molecule has 1 aliphatic heterocycles. The molecular formula is C28H30ClN3O4. The van der Waals surface area contributed by atoms with E-state index in [0.717, 1.165) is 38.4 Å². The highest BCUT2D eigenvalue weighted by molar-refractivity contribution is 6.31. The zero-order valence-electron chi connectivity index (χ0n) is 20.5. The van der Waals surface area contributed by atoms with E-state index in [-0.39, 0.29) is 12.5 Å². The molecule has 8 heteroatoms. The van der Waals surface area contributed by atoms with Crippen molar-refractivity contribution in [2.45, 2.75) is 13.5 Å². The lowest BCUT2D eigenvalue weighted by Gasteiger charge is -2.37. The van der Waals surface area contributed by atoms with Crippen LogP contribution in [-0.4, -0.2) is 56.7 Å². The lowest BCUT2D eigenvalue weighted by molar-refractivity contribution is 0.0526. The summed E-state index contributed by atoms with van der Waals surface area (Å²) in [6.07, 6.45) is 0. The van der Waals surface area contributed by atoms with E-state index in [1.165, 1.54) is 12.7 Å². The first-order valence-electron chi connectivity index (χ1n) is 12.0. The van der Waals surface area contributed by atoms with Gasteiger partial charge in [0.25, 0.3) is 5.91 Å². The van der Waals surface area contributed by atoms with Crippen molar-refractivity contribution < 1.29 is 19.1 Å². The van der Waals surface area contributed by atoms with Crippen LogP contribution in [0.2, 0.25) is 5.02 Å². The minimum absolute atomic E-state index is 0.269. The first kappa shape index (κ1) is 25.5. The Morgan fingerprint density at radius 2 is 1.72 bits per heavy atom. The van der Waals surface area contributed by atoms with Crippen molar-refractivity contribution in [1.82, 2.24) is 4.90 Å². The van der Waals surface area contributed by atoms with Crippen molar-refractivity contribution in [2.75, 3.05) is 50.1 Å². The van der Waals surface area contributed by atoms with E-state index in [0.29, 0.717) is 27.6 Å². The summed E-state index contributed by atoms with van der Waals surface area (Å²) >= 11 is 6.14. The number of anilines is 2. The van der Waals surface area contributed by atoms with Crippen LogP contribution < -0.4 is 15.0 Å². The standard InChI is InChI=1S/C28H30ClN3O4/c1-3-36-28(34)21-9-11-25(32-15-13-31(14-16-32)19-20-7-5-4-6-8-20)24(17-21)30-27(33)23-18-22(29)10-12-26(23)35-2/h4-12,17-18H,3,13-16,19H2,1-2H3,(H,30,33). The van der Waals surface area contributed by atoms with Gasteiger partial charge in [-0.3, -0.25) is 9.69 Å². The molecule has 3 aromatic carbocycles. The number of rotatable bonds is 8. The molecule has 0 aliphatic carbocycles. The average molecular weight is 508 g/mol. The second-order valence-electron chi connectivity index (χ2n) is 8.50. The van der Waals surface area contributed by atoms with Gasteiger partial charge < -0.3 is 19.7 Å². The number of nitrogens with zero attached hydrogens (tertiary/aromatic N) is 2. The smallest absolute Gasteiger partial charge is 0.338 e. The van der Waals surface area contributed by atoms with Gasteiger partial charge in [-0.15, -0.1) is 0 Å². The fraction of sp³-hybridized carbons (Fsp3) is 0.286. The van der Waals surface area contributed by atoms with Gasteiger partial charge in [-0.2, -0.15) is 0 Å². The Hall–Kier alpha value is -3.55. The highest BCUT2D eigenvalue weighted by atomic mass is 35.5. The van der Waals surface area contributed by atoms with Crippen LogP contribution in [0.3, 0.4) is 0 Å². The monoisotopic (exact) mass is 507 g/mol. The molecule has 1 fully saturated rings. The topological polar surface area (TPSA) is 71.1 Å². The van der Waals surface area contributed by atoms with Crippen molar-refractivity contribution in [3.8, 4) is 5.75 Å². The predicted molar refractivity (Wildman–Crippen MR) is 142 cm³/mol. The normalized spacial score (nSPS) is 13.8. The second kappa shape index (κ2) is 11.9. The number of methoxy groups -OCH3 is 1. The Balaban J connectivity index is 1.56. The van der Waals surface area contributed by atoms with Crippen LogP contribution in [0.1, 0.15) is 33.2 Å². The van der Waals surface area contributed by atoms with Gasteiger partial charge >= 0.3 is 5.97 Å². The third-order valence-corrected chi connectivity index (χ3v) is 6.36. The lowest BCUT2D eigenvalue weighted by atomic mass is 10.1. The van der Waals surface area contributed by atoms with Crippen LogP contribution in [0.25, 0.3) is 0 Å². The molecule has 1 heterocycles. The largest absolute Gasteiger partial charge is 0.496 e. The number of hydrogen-bond donors (Lipinski definition) is 1. The summed E-state index contributed by atoms with van der Waals surface area (Å²) in [5.41, 5.74) is 3.34. The van der Waals surface area contributed by atoms with Gasteiger partial charge in [-0.1, -0.05) is 41.9 Å². The summed E-state index contributed by atoms with van der Waals surface area (Å²) in [4.78, 5) is 30.3. The molecule has 0 saturated carbocycles. The van der Waals surface area contributed by atoms with Crippen LogP contribution in [-0.2, 0) is 11.3 Å². The van der Waals surface area contributed by atoms with Gasteiger partial charge in [0.1, 0.15) is 5.75 Å². The average Bonchev–Trinajstić information content (AvgIpc) is 2.90. The molecule has 1 amide bonds. The molecule has 1 saturated heterocycles. The minimum atomic E-state index is -0.437. The van der Waals surface area contributed by atoms with Crippen molar-refractivity contribution in [3.63, 3.8) is 0 Å². The van der Waals surface area contributed by atoms with Gasteiger partial charge in [0.15, 0.2) is 0 Å². The fourth-order valence-corrected chi connectivity index (χ4v) is 4.46. The summed E-state index contributed by atoms with van der Waals surface area (Å²) < 4.78 is 10.5. The maximum absolute atomic E-state index is 13.3. The molecular weight excluding hydrogens is 478 g/mol. The van der Waals surface area contributed by atoms with Crippen molar-refractivity contribution in [2.24, 2.45) is 0 Å². The van der Waals surface area contributed by atoms with E-state index in [2.05, 4.69) is 39.4 Å². The number of carbonyl (C=O) groups is 2. The third-order valence-electron chi connectivity index (χ3n) is 6.12. The van der Waals surface area contributed by atoms with Gasteiger partial charge in [0.2, 0.25) is 0 Å². The van der Waals surface area contributed by atoms with Gasteiger partial charge in [-0.25, -0.2) is 4.79 Å². The Bertz CT molecular complexity index is 1210. The van der Waals surface area contributed by atoms with Crippen LogP contribution in [0.4, 0.5) is 11.4 Å². The molecule has 7 nitrogen and oxygen atoms in total. The zero-order chi connectivity index (χ0) is 25.5. The molecule has 4 rings (SSSR count). The first-order valence-corrected chi connectivity index (χ1v) is 12.3. The molecule has 36 heavy (non-hydrogen) atoms. The Kier molecular flexibility index (Phi) is 8.46. The molecule has 188 valence electrons. The van der Waals surface area contributed by atoms with Crippen LogP contribution in [0, 0.1) is 0 Å². The molecule has 1 N–H and O–H groups in total. The highest BCUT2D eigenvalue weighted by Gasteiger charge is 2.23. The van der Waals surface area contributed by atoms with Crippen molar-refractivity contribution in [1.29, 1.82) is 0 Å². The van der Waals surface area contributed by atoms with E-state index in [9.17, 15) is 9.59 Å². The van der Waals surface area contributed by atoms with E-state index in [4.69, 9.17) is 21.1 Å². The number of nitrogens with one attached hydrogen (secondary N) is 1. The number of benzene rings is 3. The summed E-state index contributed by atoms with van der Waals surface area (Å²) in [6, 6.07) is 20.6. The fourth-order valence-electron chi connectivity index (χ4n) is 4.29. The van der Waals surface area contributed by atoms with Crippen LogP contribution >= 0.6 is 11.6 Å². The van der Waals surface area contributed by atoms with E-state index in [1.54, 1.807) is 37.3 Å². The number of piperazine rings is 1. The SMILES string of the molecule is CCOC(=O)c1ccc(N2CCN(Cc3ccccc3)CC2)c(NC(=O)c2cc(Cl)ccc2OC)c1. The number of carbonyl (C=O) groups excluding carboxylic acids is 2. The summed E-state index contributed by atoms with van der Waals surface area (Å²) in [6.45, 7) is 6.26. The lowest BCUT2D eigenvalue weighted by Crippen LogP contribution is -2.46. The zero-order valence-corrected chi connectivity index (χ0v) is 21.3. The molecule has 0 radical (unpaired) electrons. The number of amides is 1. The Labute approximate surface area is 216 Å². The Morgan fingerprint density at radius 1 is 0.972 bits per heavy atom. The number of ether oxygens (including phenoxy) is 2. The van der Waals surface area contributed by atoms with Gasteiger partial charge in [-0.05, 0) is 48.9 Å². The van der Waals surface area contributed by atoms with Crippen LogP contribution in [0.15, 0.2) is 66.7 Å². The number of halogens is 1. The molecule has 0 atom stereocenters. The van der Waals surface area contributed by atoms with Crippen molar-refractivity contribution >= 4 is 34.9 Å². The van der Waals surface area contributed by atoms with Gasteiger partial charge in [0.05, 0.1) is 36.2 Å². The first-order chi connectivity index (χ1) is 17.5. The highest BCUT2D eigenvalue weighted by Crippen LogP contribution is 2.31. The maximum Gasteiger partial charge on any atom is 0.338 e.